The molecule has 4 heteroatoms. The molecule has 1 fully saturated rings. The number of hydrogen-bond acceptors (Lipinski definition) is 3. The van der Waals surface area contributed by atoms with Gasteiger partial charge >= 0.3 is 0 Å². The average Bonchev–Trinajstić information content (AvgIpc) is 2.46. The van der Waals surface area contributed by atoms with Gasteiger partial charge in [0.1, 0.15) is 19.4 Å². The smallest absolute Gasteiger partial charge is 0.161 e. The van der Waals surface area contributed by atoms with Crippen molar-refractivity contribution in [2.45, 2.75) is 38.4 Å². The normalized spacial score (nSPS) is 24.0. The van der Waals surface area contributed by atoms with Crippen molar-refractivity contribution in [3.05, 3.63) is 23.3 Å². The van der Waals surface area contributed by atoms with Gasteiger partial charge in [0.15, 0.2) is 11.5 Å². The molecule has 0 amide bonds. The number of benzene rings is 1. The summed E-state index contributed by atoms with van der Waals surface area (Å²) in [6, 6.07) is 4.01. The van der Waals surface area contributed by atoms with E-state index in [4.69, 9.17) is 9.47 Å². The molecule has 1 N–H and O–H groups in total. The first-order valence-corrected chi connectivity index (χ1v) is 7.06. The molecule has 0 radical (unpaired) electrons. The number of rotatable bonds is 2. The molecule has 0 spiro atoms. The number of fused-ring (bicyclic) bond motifs is 1. The van der Waals surface area contributed by atoms with Crippen molar-refractivity contribution in [2.24, 2.45) is 0 Å². The predicted octanol–water partition coefficient (Wildman–Crippen LogP) is 3.30. The first-order chi connectivity index (χ1) is 9.25. The zero-order chi connectivity index (χ0) is 13.2. The monoisotopic (exact) mass is 265 g/mol. The third-order valence-corrected chi connectivity index (χ3v) is 3.86. The summed E-state index contributed by atoms with van der Waals surface area (Å²) in [6.45, 7) is 3.68. The van der Waals surface area contributed by atoms with Crippen molar-refractivity contribution < 1.29 is 13.9 Å². The molecule has 2 aliphatic rings. The molecule has 1 saturated heterocycles. The van der Waals surface area contributed by atoms with Crippen LogP contribution in [0.15, 0.2) is 12.1 Å². The van der Waals surface area contributed by atoms with E-state index >= 15 is 0 Å². The highest BCUT2D eigenvalue weighted by Gasteiger charge is 2.24. The lowest BCUT2D eigenvalue weighted by atomic mass is 9.91. The van der Waals surface area contributed by atoms with Crippen LogP contribution in [0.3, 0.4) is 0 Å². The first kappa shape index (κ1) is 12.7. The minimum absolute atomic E-state index is 0.234. The van der Waals surface area contributed by atoms with E-state index in [-0.39, 0.29) is 6.04 Å². The summed E-state index contributed by atoms with van der Waals surface area (Å²) in [7, 11) is 0. The molecule has 1 aromatic rings. The fourth-order valence-electron chi connectivity index (χ4n) is 2.88. The Balaban J connectivity index is 2.00. The predicted molar refractivity (Wildman–Crippen MR) is 71.5 cm³/mol. The van der Waals surface area contributed by atoms with E-state index in [2.05, 4.69) is 5.32 Å². The minimum Gasteiger partial charge on any atom is -0.486 e. The lowest BCUT2D eigenvalue weighted by molar-refractivity contribution is 0.170. The van der Waals surface area contributed by atoms with Crippen LogP contribution in [0.4, 0.5) is 4.39 Å². The van der Waals surface area contributed by atoms with Gasteiger partial charge in [-0.3, -0.25) is 0 Å². The number of halogens is 1. The van der Waals surface area contributed by atoms with Crippen molar-refractivity contribution in [1.29, 1.82) is 0 Å². The molecule has 2 unspecified atom stereocenters. The van der Waals surface area contributed by atoms with Gasteiger partial charge in [-0.25, -0.2) is 4.39 Å². The van der Waals surface area contributed by atoms with E-state index in [1.54, 1.807) is 6.92 Å². The van der Waals surface area contributed by atoms with Gasteiger partial charge in [-0.2, -0.15) is 0 Å². The van der Waals surface area contributed by atoms with Gasteiger partial charge in [-0.1, -0.05) is 6.42 Å². The van der Waals surface area contributed by atoms with Crippen LogP contribution in [0.25, 0.3) is 0 Å². The van der Waals surface area contributed by atoms with Crippen LogP contribution in [-0.4, -0.2) is 19.8 Å². The number of hydrogen-bond donors (Lipinski definition) is 1. The Labute approximate surface area is 113 Å². The number of nitrogens with one attached hydrogen (secondary N) is 1. The van der Waals surface area contributed by atoms with Crippen molar-refractivity contribution in [3.8, 4) is 11.5 Å². The van der Waals surface area contributed by atoms with Crippen molar-refractivity contribution in [3.63, 3.8) is 0 Å². The van der Waals surface area contributed by atoms with Crippen molar-refractivity contribution >= 4 is 0 Å². The second-order valence-electron chi connectivity index (χ2n) is 5.24. The molecule has 2 heterocycles. The zero-order valence-electron chi connectivity index (χ0n) is 11.2. The summed E-state index contributed by atoms with van der Waals surface area (Å²) in [5, 5.41) is 3.47. The Hall–Kier alpha value is -1.29. The summed E-state index contributed by atoms with van der Waals surface area (Å²) < 4.78 is 25.1. The molecular weight excluding hydrogens is 245 g/mol. The van der Waals surface area contributed by atoms with E-state index in [0.29, 0.717) is 19.0 Å². The van der Waals surface area contributed by atoms with Crippen LogP contribution in [0.1, 0.15) is 49.5 Å². The third kappa shape index (κ3) is 2.54. The SMILES string of the molecule is CC(F)c1cc2c(cc1C1CCCCN1)OCCO2. The summed E-state index contributed by atoms with van der Waals surface area (Å²) in [4.78, 5) is 0. The lowest BCUT2D eigenvalue weighted by Gasteiger charge is -2.28. The molecule has 2 aliphatic heterocycles. The highest BCUT2D eigenvalue weighted by atomic mass is 19.1. The van der Waals surface area contributed by atoms with Crippen molar-refractivity contribution in [1.82, 2.24) is 5.32 Å². The Kier molecular flexibility index (Phi) is 3.60. The molecule has 1 aromatic carbocycles. The molecule has 0 aliphatic carbocycles. The van der Waals surface area contributed by atoms with E-state index in [9.17, 15) is 4.39 Å². The Morgan fingerprint density at radius 2 is 1.95 bits per heavy atom. The number of piperidine rings is 1. The topological polar surface area (TPSA) is 30.5 Å². The molecule has 3 nitrogen and oxygen atoms in total. The Bertz CT molecular complexity index is 456. The molecule has 0 aromatic heterocycles. The van der Waals surface area contributed by atoms with Gasteiger partial charge in [0.2, 0.25) is 0 Å². The summed E-state index contributed by atoms with van der Waals surface area (Å²) >= 11 is 0. The maximum Gasteiger partial charge on any atom is 0.161 e. The molecule has 0 bridgehead atoms. The van der Waals surface area contributed by atoms with Gasteiger partial charge in [-0.05, 0) is 49.6 Å². The van der Waals surface area contributed by atoms with E-state index in [1.807, 2.05) is 12.1 Å². The van der Waals surface area contributed by atoms with Gasteiger partial charge in [0.05, 0.1) is 0 Å². The standard InChI is InChI=1S/C15H20FNO2/c1-10(16)11-8-14-15(19-7-6-18-14)9-12(11)13-4-2-3-5-17-13/h8-10,13,17H,2-7H2,1H3. The Morgan fingerprint density at radius 1 is 1.21 bits per heavy atom. The van der Waals surface area contributed by atoms with Crippen LogP contribution in [0.2, 0.25) is 0 Å². The summed E-state index contributed by atoms with van der Waals surface area (Å²) in [6.07, 6.45) is 2.45. The molecule has 0 saturated carbocycles. The molecule has 104 valence electrons. The quantitative estimate of drug-likeness (QED) is 0.890. The van der Waals surface area contributed by atoms with E-state index in [1.165, 1.54) is 12.8 Å². The van der Waals surface area contributed by atoms with Gasteiger partial charge in [0.25, 0.3) is 0 Å². The van der Waals surface area contributed by atoms with E-state index in [0.717, 1.165) is 29.8 Å². The highest BCUT2D eigenvalue weighted by molar-refractivity contribution is 5.50. The van der Waals surface area contributed by atoms with Crippen LogP contribution >= 0.6 is 0 Å². The maximum atomic E-state index is 13.9. The van der Waals surface area contributed by atoms with Gasteiger partial charge in [-0.15, -0.1) is 0 Å². The first-order valence-electron chi connectivity index (χ1n) is 7.06. The zero-order valence-corrected chi connectivity index (χ0v) is 11.2. The Morgan fingerprint density at radius 3 is 2.58 bits per heavy atom. The summed E-state index contributed by atoms with van der Waals surface area (Å²) in [5.41, 5.74) is 1.75. The van der Waals surface area contributed by atoms with Crippen LogP contribution in [-0.2, 0) is 0 Å². The average molecular weight is 265 g/mol. The maximum absolute atomic E-state index is 13.9. The fourth-order valence-corrected chi connectivity index (χ4v) is 2.88. The molecule has 19 heavy (non-hydrogen) atoms. The van der Waals surface area contributed by atoms with Gasteiger partial charge < -0.3 is 14.8 Å². The van der Waals surface area contributed by atoms with Crippen molar-refractivity contribution in [2.75, 3.05) is 19.8 Å². The minimum atomic E-state index is -0.991. The number of ether oxygens (including phenoxy) is 2. The van der Waals surface area contributed by atoms with E-state index < -0.39 is 6.17 Å². The molecular formula is C15H20FNO2. The lowest BCUT2D eigenvalue weighted by Crippen LogP contribution is -2.28. The molecule has 2 atom stereocenters. The van der Waals surface area contributed by atoms with Gasteiger partial charge in [0, 0.05) is 6.04 Å². The third-order valence-electron chi connectivity index (χ3n) is 3.86. The summed E-state index contributed by atoms with van der Waals surface area (Å²) in [5.74, 6) is 1.42. The van der Waals surface area contributed by atoms with Crippen LogP contribution in [0.5, 0.6) is 11.5 Å². The van der Waals surface area contributed by atoms with Crippen LogP contribution < -0.4 is 14.8 Å². The van der Waals surface area contributed by atoms with Crippen LogP contribution in [0, 0.1) is 0 Å². The second-order valence-corrected chi connectivity index (χ2v) is 5.24. The molecule has 3 rings (SSSR count). The second kappa shape index (κ2) is 5.37. The number of alkyl halides is 1. The fraction of sp³-hybridized carbons (Fsp3) is 0.600. The highest BCUT2D eigenvalue weighted by Crippen LogP contribution is 2.40. The largest absolute Gasteiger partial charge is 0.486 e.